The fraction of sp³-hybridized carbons (Fsp3) is 0.333. The number of nitrogens with zero attached hydrogens (tertiary/aromatic N) is 1. The highest BCUT2D eigenvalue weighted by molar-refractivity contribution is 6.99. The summed E-state index contributed by atoms with van der Waals surface area (Å²) in [6.45, 7) is 6.54. The van der Waals surface area contributed by atoms with Crippen molar-refractivity contribution in [3.8, 4) is 5.75 Å². The second kappa shape index (κ2) is 12.0. The predicted molar refractivity (Wildman–Crippen MR) is 152 cm³/mol. The predicted octanol–water partition coefficient (Wildman–Crippen LogP) is 5.31. The summed E-state index contributed by atoms with van der Waals surface area (Å²) >= 11 is 0. The van der Waals surface area contributed by atoms with Crippen LogP contribution in [0.3, 0.4) is 0 Å². The molecule has 0 aromatic heterocycles. The first kappa shape index (κ1) is 30.1. The summed E-state index contributed by atoms with van der Waals surface area (Å²) in [5, 5.41) is 4.48. The first-order valence-electron chi connectivity index (χ1n) is 13.1. The van der Waals surface area contributed by atoms with Gasteiger partial charge in [-0.1, -0.05) is 81.4 Å². The van der Waals surface area contributed by atoms with E-state index in [1.807, 2.05) is 36.4 Å². The van der Waals surface area contributed by atoms with Gasteiger partial charge in [0.25, 0.3) is 8.32 Å². The number of hydrogen-bond donors (Lipinski definition) is 1. The molecule has 218 valence electrons. The highest BCUT2D eigenvalue weighted by atomic mass is 28.4. The van der Waals surface area contributed by atoms with Crippen molar-refractivity contribution in [2.75, 3.05) is 19.0 Å². The molecule has 41 heavy (non-hydrogen) atoms. The molecule has 1 fully saturated rings. The van der Waals surface area contributed by atoms with Gasteiger partial charge in [0.05, 0.1) is 13.2 Å². The number of benzene rings is 3. The van der Waals surface area contributed by atoms with Crippen molar-refractivity contribution in [3.63, 3.8) is 0 Å². The van der Waals surface area contributed by atoms with Crippen molar-refractivity contribution in [1.29, 1.82) is 0 Å². The number of carbonyl (C=O) groups excluding carboxylic acids is 2. The van der Waals surface area contributed by atoms with E-state index in [0.29, 0.717) is 0 Å². The van der Waals surface area contributed by atoms with Crippen molar-refractivity contribution in [3.05, 3.63) is 84.9 Å². The molecule has 1 aliphatic rings. The molecule has 1 N–H and O–H groups in total. The van der Waals surface area contributed by atoms with Crippen LogP contribution in [0.5, 0.6) is 5.75 Å². The summed E-state index contributed by atoms with van der Waals surface area (Å²) in [7, 11) is -1.71. The lowest BCUT2D eigenvalue weighted by molar-refractivity contribution is -0.274. The molecule has 2 atom stereocenters. The number of ether oxygens (including phenoxy) is 2. The number of anilines is 1. The number of carbonyl (C=O) groups is 2. The third kappa shape index (κ3) is 6.74. The van der Waals surface area contributed by atoms with Crippen molar-refractivity contribution in [1.82, 2.24) is 4.90 Å². The minimum Gasteiger partial charge on any atom is -0.467 e. The van der Waals surface area contributed by atoms with Crippen LogP contribution in [0.4, 0.5) is 23.7 Å². The van der Waals surface area contributed by atoms with Gasteiger partial charge in [-0.3, -0.25) is 0 Å². The van der Waals surface area contributed by atoms with E-state index < -0.39 is 44.6 Å². The molecular weight excluding hydrogens is 553 g/mol. The number of alkyl halides is 3. The van der Waals surface area contributed by atoms with Crippen LogP contribution in [0.15, 0.2) is 84.9 Å². The van der Waals surface area contributed by atoms with Crippen molar-refractivity contribution >= 4 is 36.4 Å². The average molecular weight is 587 g/mol. The summed E-state index contributed by atoms with van der Waals surface area (Å²) in [5.74, 6) is -0.995. The Balaban J connectivity index is 1.63. The van der Waals surface area contributed by atoms with E-state index in [1.165, 1.54) is 24.1 Å². The number of hydrogen-bond acceptors (Lipinski definition) is 5. The minimum atomic E-state index is -4.83. The van der Waals surface area contributed by atoms with Crippen LogP contribution in [0, 0.1) is 0 Å². The second-order valence-electron chi connectivity index (χ2n) is 10.8. The van der Waals surface area contributed by atoms with Gasteiger partial charge in [-0.25, -0.2) is 9.59 Å². The van der Waals surface area contributed by atoms with E-state index in [2.05, 4.69) is 55.1 Å². The SMILES string of the molecule is COC(=O)C1CC(O[Si](c2ccccc2)(c2ccccc2)C(C)(C)C)CN1C(=O)Nc1ccc(OC(F)(F)F)cc1. The number of esters is 1. The molecular formula is C30H33F3N2O5Si. The Labute approximate surface area is 238 Å². The third-order valence-corrected chi connectivity index (χ3v) is 12.2. The molecule has 11 heteroatoms. The van der Waals surface area contributed by atoms with Gasteiger partial charge in [0, 0.05) is 18.7 Å². The molecule has 0 radical (unpaired) electrons. The Bertz CT molecular complexity index is 1290. The molecule has 0 bridgehead atoms. The topological polar surface area (TPSA) is 77.1 Å². The van der Waals surface area contributed by atoms with E-state index in [-0.39, 0.29) is 23.7 Å². The van der Waals surface area contributed by atoms with Crippen molar-refractivity contribution in [2.24, 2.45) is 0 Å². The molecule has 3 aromatic carbocycles. The van der Waals surface area contributed by atoms with E-state index in [1.54, 1.807) is 0 Å². The van der Waals surface area contributed by atoms with E-state index in [4.69, 9.17) is 9.16 Å². The van der Waals surface area contributed by atoms with Crippen LogP contribution in [0.2, 0.25) is 5.04 Å². The Morgan fingerprint density at radius 2 is 1.41 bits per heavy atom. The highest BCUT2D eigenvalue weighted by Gasteiger charge is 2.53. The van der Waals surface area contributed by atoms with Gasteiger partial charge in [0.1, 0.15) is 11.8 Å². The molecule has 1 heterocycles. The van der Waals surface area contributed by atoms with Gasteiger partial charge in [0.2, 0.25) is 0 Å². The number of urea groups is 1. The van der Waals surface area contributed by atoms with Gasteiger partial charge in [-0.15, -0.1) is 13.2 Å². The normalized spacial score (nSPS) is 17.7. The number of methoxy groups -OCH3 is 1. The Morgan fingerprint density at radius 3 is 1.88 bits per heavy atom. The number of halogens is 3. The fourth-order valence-corrected chi connectivity index (χ4v) is 10.0. The largest absolute Gasteiger partial charge is 0.573 e. The van der Waals surface area contributed by atoms with Crippen molar-refractivity contribution in [2.45, 2.75) is 50.7 Å². The molecule has 7 nitrogen and oxygen atoms in total. The maximum atomic E-state index is 13.4. The summed E-state index contributed by atoms with van der Waals surface area (Å²) < 4.78 is 53.5. The summed E-state index contributed by atoms with van der Waals surface area (Å²) in [6.07, 6.45) is -5.09. The van der Waals surface area contributed by atoms with Crippen molar-refractivity contribution < 1.29 is 36.7 Å². The lowest BCUT2D eigenvalue weighted by Gasteiger charge is -2.44. The molecule has 1 aliphatic heterocycles. The van der Waals surface area contributed by atoms with Crippen LogP contribution >= 0.6 is 0 Å². The molecule has 2 unspecified atom stereocenters. The molecule has 0 spiro atoms. The molecule has 0 saturated carbocycles. The monoisotopic (exact) mass is 586 g/mol. The first-order chi connectivity index (χ1) is 19.3. The zero-order valence-corrected chi connectivity index (χ0v) is 24.3. The number of nitrogens with one attached hydrogen (secondary N) is 1. The highest BCUT2D eigenvalue weighted by Crippen LogP contribution is 2.39. The van der Waals surface area contributed by atoms with Crippen LogP contribution in [0.25, 0.3) is 0 Å². The summed E-state index contributed by atoms with van der Waals surface area (Å²) in [6, 6.07) is 23.3. The van der Waals surface area contributed by atoms with Crippen LogP contribution in [-0.2, 0) is 14.0 Å². The first-order valence-corrected chi connectivity index (χ1v) is 15.0. The van der Waals surface area contributed by atoms with E-state index in [0.717, 1.165) is 22.5 Å². The lowest BCUT2D eigenvalue weighted by atomic mass is 10.2. The standard InChI is InChI=1S/C30H33F3N2O5Si/c1-29(2,3)41(24-11-7-5-8-12-24,25-13-9-6-10-14-25)40-23-19-26(27(36)38-4)35(20-23)28(37)34-21-15-17-22(18-16-21)39-30(31,32)33/h5-18,23,26H,19-20H2,1-4H3,(H,34,37). The van der Waals surface area contributed by atoms with Crippen LogP contribution in [-0.4, -0.2) is 57.4 Å². The van der Waals surface area contributed by atoms with E-state index in [9.17, 15) is 22.8 Å². The maximum absolute atomic E-state index is 13.4. The summed E-state index contributed by atoms with van der Waals surface area (Å²) in [4.78, 5) is 27.5. The average Bonchev–Trinajstić information content (AvgIpc) is 3.36. The van der Waals surface area contributed by atoms with Gasteiger partial charge in [0.15, 0.2) is 0 Å². The Hall–Kier alpha value is -3.83. The zero-order chi connectivity index (χ0) is 29.8. The van der Waals surface area contributed by atoms with Gasteiger partial charge in [-0.05, 0) is 39.7 Å². The molecule has 1 saturated heterocycles. The van der Waals surface area contributed by atoms with Crippen LogP contribution < -0.4 is 20.4 Å². The molecule has 4 rings (SSSR count). The Morgan fingerprint density at radius 1 is 0.878 bits per heavy atom. The summed E-state index contributed by atoms with van der Waals surface area (Å²) in [5.41, 5.74) is 0.240. The molecule has 2 amide bonds. The number of rotatable bonds is 7. The second-order valence-corrected chi connectivity index (χ2v) is 15.1. The quantitative estimate of drug-likeness (QED) is 0.300. The third-order valence-electron chi connectivity index (χ3n) is 7.10. The number of likely N-dealkylation sites (tertiary alicyclic amines) is 1. The lowest BCUT2D eigenvalue weighted by Crippen LogP contribution is -2.67. The van der Waals surface area contributed by atoms with Crippen LogP contribution in [0.1, 0.15) is 27.2 Å². The smallest absolute Gasteiger partial charge is 0.467 e. The zero-order valence-electron chi connectivity index (χ0n) is 23.3. The molecule has 0 aliphatic carbocycles. The Kier molecular flexibility index (Phi) is 8.79. The van der Waals surface area contributed by atoms with E-state index >= 15 is 0 Å². The van der Waals surface area contributed by atoms with Gasteiger partial charge in [-0.2, -0.15) is 0 Å². The number of amides is 2. The molecule has 3 aromatic rings. The fourth-order valence-electron chi connectivity index (χ4n) is 5.34. The minimum absolute atomic E-state index is 0.116. The maximum Gasteiger partial charge on any atom is 0.573 e. The van der Waals surface area contributed by atoms with Gasteiger partial charge >= 0.3 is 18.4 Å². The van der Waals surface area contributed by atoms with Gasteiger partial charge < -0.3 is 24.1 Å².